The lowest BCUT2D eigenvalue weighted by Gasteiger charge is -2.37. The van der Waals surface area contributed by atoms with Gasteiger partial charge in [-0.2, -0.15) is 0 Å². The predicted octanol–water partition coefficient (Wildman–Crippen LogP) is 2.42. The van der Waals surface area contributed by atoms with E-state index in [0.29, 0.717) is 6.54 Å². The van der Waals surface area contributed by atoms with Crippen LogP contribution in [0.5, 0.6) is 17.2 Å². The van der Waals surface area contributed by atoms with Crippen LogP contribution in [0, 0.1) is 0 Å². The van der Waals surface area contributed by atoms with E-state index in [2.05, 4.69) is 28.0 Å². The quantitative estimate of drug-likeness (QED) is 0.709. The van der Waals surface area contributed by atoms with Crippen LogP contribution in [0.25, 0.3) is 0 Å². The SMILES string of the molecule is COc1ccc(N2CCN(C(=O)CN3CCc4cc(OC)c(OC)cc4C3)CC2)cc1. The molecule has 0 spiro atoms. The molecule has 2 aromatic carbocycles. The average Bonchev–Trinajstić information content (AvgIpc) is 2.83. The lowest BCUT2D eigenvalue weighted by atomic mass is 9.98. The number of amides is 1. The first-order chi connectivity index (χ1) is 15.1. The number of rotatable bonds is 6. The van der Waals surface area contributed by atoms with Crippen LogP contribution in [0.1, 0.15) is 11.1 Å². The van der Waals surface area contributed by atoms with Crippen LogP contribution in [0.15, 0.2) is 36.4 Å². The average molecular weight is 426 g/mol. The van der Waals surface area contributed by atoms with E-state index in [1.54, 1.807) is 21.3 Å². The van der Waals surface area contributed by atoms with Crippen LogP contribution < -0.4 is 19.1 Å². The van der Waals surface area contributed by atoms with Crippen molar-refractivity contribution in [1.29, 1.82) is 0 Å². The van der Waals surface area contributed by atoms with Gasteiger partial charge < -0.3 is 24.0 Å². The monoisotopic (exact) mass is 425 g/mol. The van der Waals surface area contributed by atoms with Crippen molar-refractivity contribution in [2.24, 2.45) is 0 Å². The Morgan fingerprint density at radius 1 is 0.839 bits per heavy atom. The normalized spacial score (nSPS) is 16.6. The predicted molar refractivity (Wildman–Crippen MR) is 120 cm³/mol. The number of ether oxygens (including phenoxy) is 3. The number of nitrogens with zero attached hydrogens (tertiary/aromatic N) is 3. The number of methoxy groups -OCH3 is 3. The van der Waals surface area contributed by atoms with E-state index in [1.807, 2.05) is 23.1 Å². The molecule has 1 fully saturated rings. The van der Waals surface area contributed by atoms with E-state index in [1.165, 1.54) is 16.8 Å². The maximum absolute atomic E-state index is 12.9. The highest BCUT2D eigenvalue weighted by molar-refractivity contribution is 5.78. The molecule has 0 bridgehead atoms. The second kappa shape index (κ2) is 9.47. The van der Waals surface area contributed by atoms with Gasteiger partial charge in [-0.05, 0) is 53.9 Å². The maximum atomic E-state index is 12.9. The molecule has 2 heterocycles. The molecule has 2 aliphatic heterocycles. The van der Waals surface area contributed by atoms with Gasteiger partial charge in [0.15, 0.2) is 11.5 Å². The van der Waals surface area contributed by atoms with Gasteiger partial charge in [0, 0.05) is 45.0 Å². The molecule has 2 aromatic rings. The summed E-state index contributed by atoms with van der Waals surface area (Å²) in [6, 6.07) is 12.2. The molecule has 166 valence electrons. The lowest BCUT2D eigenvalue weighted by molar-refractivity contribution is -0.132. The first-order valence-corrected chi connectivity index (χ1v) is 10.7. The Labute approximate surface area is 184 Å². The highest BCUT2D eigenvalue weighted by Gasteiger charge is 2.25. The van der Waals surface area contributed by atoms with Gasteiger partial charge in [0.05, 0.1) is 27.9 Å². The molecule has 2 aliphatic rings. The summed E-state index contributed by atoms with van der Waals surface area (Å²) in [7, 11) is 4.99. The van der Waals surface area contributed by atoms with Crippen molar-refractivity contribution >= 4 is 11.6 Å². The summed E-state index contributed by atoms with van der Waals surface area (Å²) >= 11 is 0. The number of carbonyl (C=O) groups is 1. The van der Waals surface area contributed by atoms with Crippen molar-refractivity contribution in [3.8, 4) is 17.2 Å². The lowest BCUT2D eigenvalue weighted by Crippen LogP contribution is -2.51. The van der Waals surface area contributed by atoms with Gasteiger partial charge in [-0.15, -0.1) is 0 Å². The first kappa shape index (κ1) is 21.3. The van der Waals surface area contributed by atoms with Gasteiger partial charge in [-0.1, -0.05) is 0 Å². The second-order valence-electron chi connectivity index (χ2n) is 8.00. The highest BCUT2D eigenvalue weighted by Crippen LogP contribution is 2.33. The van der Waals surface area contributed by atoms with E-state index < -0.39 is 0 Å². The Morgan fingerprint density at radius 3 is 2.10 bits per heavy atom. The molecular formula is C24H31N3O4. The van der Waals surface area contributed by atoms with Crippen LogP contribution in [0.4, 0.5) is 5.69 Å². The zero-order chi connectivity index (χ0) is 21.8. The molecule has 0 aromatic heterocycles. The maximum Gasteiger partial charge on any atom is 0.236 e. The summed E-state index contributed by atoms with van der Waals surface area (Å²) in [5.41, 5.74) is 3.65. The number of benzene rings is 2. The number of carbonyl (C=O) groups excluding carboxylic acids is 1. The Kier molecular flexibility index (Phi) is 6.51. The topological polar surface area (TPSA) is 54.5 Å². The minimum absolute atomic E-state index is 0.207. The molecule has 0 radical (unpaired) electrons. The molecule has 31 heavy (non-hydrogen) atoms. The van der Waals surface area contributed by atoms with E-state index in [4.69, 9.17) is 14.2 Å². The highest BCUT2D eigenvalue weighted by atomic mass is 16.5. The van der Waals surface area contributed by atoms with Crippen LogP contribution >= 0.6 is 0 Å². The summed E-state index contributed by atoms with van der Waals surface area (Å²) in [5.74, 6) is 2.57. The minimum Gasteiger partial charge on any atom is -0.497 e. The Balaban J connectivity index is 1.31. The van der Waals surface area contributed by atoms with E-state index in [-0.39, 0.29) is 5.91 Å². The smallest absolute Gasteiger partial charge is 0.236 e. The molecule has 1 amide bonds. The summed E-state index contributed by atoms with van der Waals surface area (Å²) in [6.07, 6.45) is 0.911. The molecule has 0 unspecified atom stereocenters. The zero-order valence-corrected chi connectivity index (χ0v) is 18.6. The van der Waals surface area contributed by atoms with E-state index >= 15 is 0 Å². The molecule has 0 atom stereocenters. The van der Waals surface area contributed by atoms with Crippen LogP contribution in [0.3, 0.4) is 0 Å². The third-order valence-corrected chi connectivity index (χ3v) is 6.23. The summed E-state index contributed by atoms with van der Waals surface area (Å²) in [6.45, 7) is 5.28. The fourth-order valence-electron chi connectivity index (χ4n) is 4.37. The van der Waals surface area contributed by atoms with Crippen molar-refractivity contribution in [3.05, 3.63) is 47.5 Å². The first-order valence-electron chi connectivity index (χ1n) is 10.7. The standard InChI is InChI=1S/C24H31N3O4/c1-29-21-6-4-20(5-7-21)26-10-12-27(13-11-26)24(28)17-25-9-8-18-14-22(30-2)23(31-3)15-19(18)16-25/h4-7,14-15H,8-13,16-17H2,1-3H3. The minimum atomic E-state index is 0.207. The number of anilines is 1. The number of fused-ring (bicyclic) bond motifs is 1. The fourth-order valence-corrected chi connectivity index (χ4v) is 4.37. The van der Waals surface area contributed by atoms with E-state index in [9.17, 15) is 4.79 Å². The molecule has 0 N–H and O–H groups in total. The second-order valence-corrected chi connectivity index (χ2v) is 8.00. The summed E-state index contributed by atoms with van der Waals surface area (Å²) in [5, 5.41) is 0. The van der Waals surface area contributed by atoms with Crippen LogP contribution in [-0.4, -0.2) is 76.3 Å². The van der Waals surface area contributed by atoms with E-state index in [0.717, 1.165) is 62.9 Å². The Bertz CT molecular complexity index is 908. The molecule has 0 saturated carbocycles. The molecule has 4 rings (SSSR count). The molecule has 7 nitrogen and oxygen atoms in total. The molecular weight excluding hydrogens is 394 g/mol. The van der Waals surface area contributed by atoms with Crippen molar-refractivity contribution < 1.29 is 19.0 Å². The van der Waals surface area contributed by atoms with Crippen molar-refractivity contribution in [3.63, 3.8) is 0 Å². The number of piperazine rings is 1. The number of hydrogen-bond acceptors (Lipinski definition) is 6. The van der Waals surface area contributed by atoms with Gasteiger partial charge in [-0.3, -0.25) is 9.69 Å². The Morgan fingerprint density at radius 2 is 1.48 bits per heavy atom. The van der Waals surface area contributed by atoms with Gasteiger partial charge in [0.2, 0.25) is 5.91 Å². The largest absolute Gasteiger partial charge is 0.497 e. The van der Waals surface area contributed by atoms with Crippen LogP contribution in [0.2, 0.25) is 0 Å². The molecule has 1 saturated heterocycles. The summed E-state index contributed by atoms with van der Waals surface area (Å²) in [4.78, 5) is 19.5. The van der Waals surface area contributed by atoms with Gasteiger partial charge in [0.25, 0.3) is 0 Å². The molecule has 7 heteroatoms. The fraction of sp³-hybridized carbons (Fsp3) is 0.458. The Hall–Kier alpha value is -2.93. The van der Waals surface area contributed by atoms with Gasteiger partial charge >= 0.3 is 0 Å². The van der Waals surface area contributed by atoms with Crippen LogP contribution in [-0.2, 0) is 17.8 Å². The third kappa shape index (κ3) is 4.71. The van der Waals surface area contributed by atoms with Crippen molar-refractivity contribution in [2.75, 3.05) is 65.5 Å². The zero-order valence-electron chi connectivity index (χ0n) is 18.6. The summed E-state index contributed by atoms with van der Waals surface area (Å²) < 4.78 is 16.1. The third-order valence-electron chi connectivity index (χ3n) is 6.23. The van der Waals surface area contributed by atoms with Gasteiger partial charge in [0.1, 0.15) is 5.75 Å². The van der Waals surface area contributed by atoms with Gasteiger partial charge in [-0.25, -0.2) is 0 Å². The number of hydrogen-bond donors (Lipinski definition) is 0. The molecule has 0 aliphatic carbocycles. The van der Waals surface area contributed by atoms with Crippen molar-refractivity contribution in [1.82, 2.24) is 9.80 Å². The van der Waals surface area contributed by atoms with Crippen molar-refractivity contribution in [2.45, 2.75) is 13.0 Å².